The summed E-state index contributed by atoms with van der Waals surface area (Å²) in [7, 11) is 0. The first-order valence-electron chi connectivity index (χ1n) is 5.26. The molecule has 17 heavy (non-hydrogen) atoms. The van der Waals surface area contributed by atoms with Crippen LogP contribution in [0, 0.1) is 0 Å². The maximum atomic E-state index is 11.8. The lowest BCUT2D eigenvalue weighted by Gasteiger charge is -2.22. The summed E-state index contributed by atoms with van der Waals surface area (Å²) in [6, 6.07) is 2.00. The third kappa shape index (κ3) is 5.38. The van der Waals surface area contributed by atoms with Crippen molar-refractivity contribution in [2.75, 3.05) is 0 Å². The smallest absolute Gasteiger partial charge is 0.240 e. The Balaban J connectivity index is 0.00000256. The van der Waals surface area contributed by atoms with E-state index in [4.69, 9.17) is 5.73 Å². The number of hydrogen-bond donors (Lipinski definition) is 2. The molecule has 0 radical (unpaired) electrons. The molecular formula is C11H18BrClN2OS. The van der Waals surface area contributed by atoms with Crippen LogP contribution < -0.4 is 11.1 Å². The van der Waals surface area contributed by atoms with Crippen molar-refractivity contribution in [1.82, 2.24) is 5.32 Å². The molecule has 1 unspecified atom stereocenters. The Morgan fingerprint density at radius 3 is 2.76 bits per heavy atom. The summed E-state index contributed by atoms with van der Waals surface area (Å²) in [4.78, 5) is 12.9. The standard InChI is InChI=1S/C11H17BrN2OS.ClH/c1-3-4-11(2,13)10(15)14-6-9-5-8(12)7-16-9;/h5,7H,3-4,6,13H2,1-2H3,(H,14,15);1H. The first kappa shape index (κ1) is 16.9. The molecule has 0 spiro atoms. The van der Waals surface area contributed by atoms with Gasteiger partial charge in [-0.15, -0.1) is 23.7 Å². The van der Waals surface area contributed by atoms with Gasteiger partial charge in [0.25, 0.3) is 0 Å². The zero-order valence-electron chi connectivity index (χ0n) is 9.96. The molecule has 0 aliphatic heterocycles. The van der Waals surface area contributed by atoms with Crippen molar-refractivity contribution in [3.05, 3.63) is 20.8 Å². The minimum atomic E-state index is -0.761. The van der Waals surface area contributed by atoms with E-state index < -0.39 is 5.54 Å². The van der Waals surface area contributed by atoms with Crippen molar-refractivity contribution in [1.29, 1.82) is 0 Å². The molecule has 1 atom stereocenters. The quantitative estimate of drug-likeness (QED) is 0.865. The third-order valence-electron chi connectivity index (χ3n) is 2.33. The lowest BCUT2D eigenvalue weighted by Crippen LogP contribution is -2.51. The highest BCUT2D eigenvalue weighted by atomic mass is 79.9. The van der Waals surface area contributed by atoms with Gasteiger partial charge in [0.15, 0.2) is 0 Å². The average molecular weight is 342 g/mol. The normalized spacial score (nSPS) is 13.6. The molecule has 3 N–H and O–H groups in total. The van der Waals surface area contributed by atoms with E-state index in [1.165, 1.54) is 0 Å². The van der Waals surface area contributed by atoms with Crippen molar-refractivity contribution in [2.45, 2.75) is 38.8 Å². The molecule has 1 amide bonds. The fourth-order valence-corrected chi connectivity index (χ4v) is 2.84. The van der Waals surface area contributed by atoms with Gasteiger partial charge in [-0.1, -0.05) is 13.3 Å². The Kier molecular flexibility index (Phi) is 7.32. The van der Waals surface area contributed by atoms with Crippen LogP contribution >= 0.6 is 39.7 Å². The second-order valence-electron chi connectivity index (χ2n) is 4.08. The number of nitrogens with two attached hydrogens (primary N) is 1. The molecule has 0 saturated heterocycles. The molecule has 0 bridgehead atoms. The Morgan fingerprint density at radius 2 is 2.29 bits per heavy atom. The van der Waals surface area contributed by atoms with Crippen LogP contribution in [0.4, 0.5) is 0 Å². The van der Waals surface area contributed by atoms with Gasteiger partial charge in [0, 0.05) is 14.7 Å². The molecule has 1 aromatic heterocycles. The van der Waals surface area contributed by atoms with E-state index in [9.17, 15) is 4.79 Å². The summed E-state index contributed by atoms with van der Waals surface area (Å²) in [6.45, 7) is 4.34. The SMILES string of the molecule is CCCC(C)(N)C(=O)NCc1cc(Br)cs1.Cl. The number of hydrogen-bond acceptors (Lipinski definition) is 3. The molecule has 98 valence electrons. The van der Waals surface area contributed by atoms with E-state index >= 15 is 0 Å². The van der Waals surface area contributed by atoms with E-state index in [1.54, 1.807) is 18.3 Å². The average Bonchev–Trinajstić information content (AvgIpc) is 2.60. The molecule has 1 rings (SSSR count). The molecule has 6 heteroatoms. The van der Waals surface area contributed by atoms with Gasteiger partial charge in [0.05, 0.1) is 12.1 Å². The number of nitrogens with one attached hydrogen (secondary N) is 1. The highest BCUT2D eigenvalue weighted by molar-refractivity contribution is 9.10. The first-order chi connectivity index (χ1) is 7.45. The predicted molar refractivity (Wildman–Crippen MR) is 78.6 cm³/mol. The number of carbonyl (C=O) groups excluding carboxylic acids is 1. The maximum Gasteiger partial charge on any atom is 0.240 e. The summed E-state index contributed by atoms with van der Waals surface area (Å²) in [5.41, 5.74) is 5.16. The molecule has 0 aliphatic carbocycles. The Labute approximate surface area is 121 Å². The molecule has 0 saturated carbocycles. The lowest BCUT2D eigenvalue weighted by molar-refractivity contribution is -0.126. The van der Waals surface area contributed by atoms with Crippen LogP contribution in [0.5, 0.6) is 0 Å². The monoisotopic (exact) mass is 340 g/mol. The molecule has 1 aromatic rings. The van der Waals surface area contributed by atoms with E-state index in [0.717, 1.165) is 15.8 Å². The van der Waals surface area contributed by atoms with E-state index in [0.29, 0.717) is 13.0 Å². The van der Waals surface area contributed by atoms with Crippen LogP contribution in [-0.2, 0) is 11.3 Å². The van der Waals surface area contributed by atoms with Gasteiger partial charge in [-0.3, -0.25) is 4.79 Å². The van der Waals surface area contributed by atoms with Gasteiger partial charge < -0.3 is 11.1 Å². The first-order valence-corrected chi connectivity index (χ1v) is 6.93. The molecule has 3 nitrogen and oxygen atoms in total. The van der Waals surface area contributed by atoms with Crippen LogP contribution in [-0.4, -0.2) is 11.4 Å². The van der Waals surface area contributed by atoms with Gasteiger partial charge in [-0.05, 0) is 35.3 Å². The van der Waals surface area contributed by atoms with Gasteiger partial charge in [-0.2, -0.15) is 0 Å². The van der Waals surface area contributed by atoms with Crippen molar-refractivity contribution in [3.63, 3.8) is 0 Å². The molecular weight excluding hydrogens is 324 g/mol. The van der Waals surface area contributed by atoms with Crippen LogP contribution in [0.15, 0.2) is 15.9 Å². The Bertz CT molecular complexity index is 368. The zero-order valence-corrected chi connectivity index (χ0v) is 13.2. The minimum absolute atomic E-state index is 0. The largest absolute Gasteiger partial charge is 0.350 e. The summed E-state index contributed by atoms with van der Waals surface area (Å²) < 4.78 is 1.05. The van der Waals surface area contributed by atoms with Crippen LogP contribution in [0.1, 0.15) is 31.6 Å². The van der Waals surface area contributed by atoms with Gasteiger partial charge in [-0.25, -0.2) is 0 Å². The highest BCUT2D eigenvalue weighted by Crippen LogP contribution is 2.19. The topological polar surface area (TPSA) is 55.1 Å². The van der Waals surface area contributed by atoms with Gasteiger partial charge in [0.2, 0.25) is 5.91 Å². The van der Waals surface area contributed by atoms with Crippen molar-refractivity contribution >= 4 is 45.6 Å². The van der Waals surface area contributed by atoms with Crippen molar-refractivity contribution < 1.29 is 4.79 Å². The second kappa shape index (κ2) is 7.36. The zero-order chi connectivity index (χ0) is 12.2. The number of rotatable bonds is 5. The minimum Gasteiger partial charge on any atom is -0.350 e. The third-order valence-corrected chi connectivity index (χ3v) is 4.03. The number of carbonyl (C=O) groups is 1. The van der Waals surface area contributed by atoms with Crippen LogP contribution in [0.25, 0.3) is 0 Å². The van der Waals surface area contributed by atoms with E-state index in [2.05, 4.69) is 21.2 Å². The maximum absolute atomic E-state index is 11.8. The fourth-order valence-electron chi connectivity index (χ4n) is 1.45. The summed E-state index contributed by atoms with van der Waals surface area (Å²) in [5.74, 6) is -0.0844. The van der Waals surface area contributed by atoms with Crippen LogP contribution in [0.3, 0.4) is 0 Å². The molecule has 0 fully saturated rings. The second-order valence-corrected chi connectivity index (χ2v) is 5.99. The fraction of sp³-hybridized carbons (Fsp3) is 0.545. The van der Waals surface area contributed by atoms with Gasteiger partial charge in [0.1, 0.15) is 0 Å². The summed E-state index contributed by atoms with van der Waals surface area (Å²) >= 11 is 4.99. The lowest BCUT2D eigenvalue weighted by atomic mass is 9.96. The van der Waals surface area contributed by atoms with Gasteiger partial charge >= 0.3 is 0 Å². The number of halogens is 2. The molecule has 0 aromatic carbocycles. The number of thiophene rings is 1. The summed E-state index contributed by atoms with van der Waals surface area (Å²) in [5, 5.41) is 4.86. The van der Waals surface area contributed by atoms with Crippen molar-refractivity contribution in [2.24, 2.45) is 5.73 Å². The number of amides is 1. The molecule has 0 aliphatic rings. The van der Waals surface area contributed by atoms with E-state index in [1.807, 2.05) is 18.4 Å². The highest BCUT2D eigenvalue weighted by Gasteiger charge is 2.26. The molecule has 1 heterocycles. The summed E-state index contributed by atoms with van der Waals surface area (Å²) in [6.07, 6.45) is 1.61. The Morgan fingerprint density at radius 1 is 1.65 bits per heavy atom. The van der Waals surface area contributed by atoms with Crippen LogP contribution in [0.2, 0.25) is 0 Å². The predicted octanol–water partition coefficient (Wildman–Crippen LogP) is 3.07. The Hall–Kier alpha value is -0.100. The van der Waals surface area contributed by atoms with E-state index in [-0.39, 0.29) is 18.3 Å². The van der Waals surface area contributed by atoms with Crippen molar-refractivity contribution in [3.8, 4) is 0 Å².